The molecule has 0 aliphatic carbocycles. The van der Waals surface area contributed by atoms with Gasteiger partial charge in [0.15, 0.2) is 0 Å². The van der Waals surface area contributed by atoms with E-state index in [2.05, 4.69) is 30.0 Å². The van der Waals surface area contributed by atoms with Gasteiger partial charge in [0, 0.05) is 25.4 Å². The standard InChI is InChI=1S/C18H19NO2/c1-14-6-5-9-17(12-14)19(2)13-16-8-4-3-7-15(16)10-11-18(20)21/h3-12H,13H2,1-2H3,(H,20,21). The summed E-state index contributed by atoms with van der Waals surface area (Å²) in [6.07, 6.45) is 2.81. The summed E-state index contributed by atoms with van der Waals surface area (Å²) in [4.78, 5) is 12.8. The fraction of sp³-hybridized carbons (Fsp3) is 0.167. The number of rotatable bonds is 5. The Morgan fingerprint density at radius 2 is 1.95 bits per heavy atom. The highest BCUT2D eigenvalue weighted by Gasteiger charge is 2.05. The number of carbonyl (C=O) groups is 1. The van der Waals surface area contributed by atoms with Crippen molar-refractivity contribution in [2.24, 2.45) is 0 Å². The molecule has 0 bridgehead atoms. The van der Waals surface area contributed by atoms with Gasteiger partial charge >= 0.3 is 5.97 Å². The van der Waals surface area contributed by atoms with Crippen LogP contribution in [0.5, 0.6) is 0 Å². The Kier molecular flexibility index (Phi) is 4.77. The summed E-state index contributed by atoms with van der Waals surface area (Å²) in [5.74, 6) is -0.933. The van der Waals surface area contributed by atoms with Gasteiger partial charge in [-0.3, -0.25) is 0 Å². The van der Waals surface area contributed by atoms with Crippen LogP contribution in [0.1, 0.15) is 16.7 Å². The van der Waals surface area contributed by atoms with Crippen LogP contribution in [0.4, 0.5) is 5.69 Å². The summed E-state index contributed by atoms with van der Waals surface area (Å²) in [7, 11) is 2.03. The molecule has 0 fully saturated rings. The molecule has 108 valence electrons. The van der Waals surface area contributed by atoms with Crippen molar-refractivity contribution < 1.29 is 9.90 Å². The monoisotopic (exact) mass is 281 g/mol. The third kappa shape index (κ3) is 4.21. The molecule has 0 saturated heterocycles. The molecule has 0 radical (unpaired) electrons. The second-order valence-electron chi connectivity index (χ2n) is 5.07. The summed E-state index contributed by atoms with van der Waals surface area (Å²) in [5.41, 5.74) is 4.39. The number of hydrogen-bond acceptors (Lipinski definition) is 2. The van der Waals surface area contributed by atoms with Crippen molar-refractivity contribution >= 4 is 17.7 Å². The Hall–Kier alpha value is -2.55. The first-order valence-electron chi connectivity index (χ1n) is 6.83. The largest absolute Gasteiger partial charge is 0.478 e. The van der Waals surface area contributed by atoms with Crippen molar-refractivity contribution in [3.05, 3.63) is 71.3 Å². The molecule has 0 spiro atoms. The first-order valence-corrected chi connectivity index (χ1v) is 6.83. The van der Waals surface area contributed by atoms with E-state index >= 15 is 0 Å². The predicted molar refractivity (Wildman–Crippen MR) is 86.4 cm³/mol. The Labute approximate surface area is 125 Å². The van der Waals surface area contributed by atoms with Crippen LogP contribution in [0.15, 0.2) is 54.6 Å². The number of aliphatic carboxylic acids is 1. The summed E-state index contributed by atoms with van der Waals surface area (Å²) in [5, 5.41) is 8.76. The fourth-order valence-electron chi connectivity index (χ4n) is 2.21. The highest BCUT2D eigenvalue weighted by molar-refractivity contribution is 5.85. The molecule has 0 unspecified atom stereocenters. The van der Waals surface area contributed by atoms with Crippen LogP contribution in [0.2, 0.25) is 0 Å². The van der Waals surface area contributed by atoms with Crippen LogP contribution in [-0.2, 0) is 11.3 Å². The molecule has 0 aromatic heterocycles. The zero-order valence-electron chi connectivity index (χ0n) is 12.3. The van der Waals surface area contributed by atoms with Crippen molar-refractivity contribution in [2.45, 2.75) is 13.5 Å². The number of aryl methyl sites for hydroxylation is 1. The third-order valence-electron chi connectivity index (χ3n) is 3.31. The van der Waals surface area contributed by atoms with Crippen molar-refractivity contribution in [3.63, 3.8) is 0 Å². The molecule has 3 heteroatoms. The lowest BCUT2D eigenvalue weighted by Gasteiger charge is -2.21. The minimum Gasteiger partial charge on any atom is -0.478 e. The van der Waals surface area contributed by atoms with E-state index < -0.39 is 5.97 Å². The SMILES string of the molecule is Cc1cccc(N(C)Cc2ccccc2C=CC(=O)O)c1. The van der Waals surface area contributed by atoms with Gasteiger partial charge in [0.1, 0.15) is 0 Å². The third-order valence-corrected chi connectivity index (χ3v) is 3.31. The average molecular weight is 281 g/mol. The summed E-state index contributed by atoms with van der Waals surface area (Å²) in [6.45, 7) is 2.80. The fourth-order valence-corrected chi connectivity index (χ4v) is 2.21. The zero-order valence-corrected chi connectivity index (χ0v) is 12.3. The van der Waals surface area contributed by atoms with Gasteiger partial charge in [0.2, 0.25) is 0 Å². The van der Waals surface area contributed by atoms with Crippen LogP contribution in [0.25, 0.3) is 6.08 Å². The molecule has 0 aliphatic rings. The topological polar surface area (TPSA) is 40.5 Å². The highest BCUT2D eigenvalue weighted by Crippen LogP contribution is 2.19. The van der Waals surface area contributed by atoms with Crippen molar-refractivity contribution in [3.8, 4) is 0 Å². The number of carboxylic acids is 1. The van der Waals surface area contributed by atoms with Gasteiger partial charge in [0.05, 0.1) is 0 Å². The molecule has 0 atom stereocenters. The van der Waals surface area contributed by atoms with E-state index in [1.54, 1.807) is 6.08 Å². The Morgan fingerprint density at radius 1 is 1.19 bits per heavy atom. The van der Waals surface area contributed by atoms with Gasteiger partial charge in [0.25, 0.3) is 0 Å². The average Bonchev–Trinajstić information content (AvgIpc) is 2.46. The van der Waals surface area contributed by atoms with Gasteiger partial charge in [-0.1, -0.05) is 36.4 Å². The maximum Gasteiger partial charge on any atom is 0.328 e. The molecule has 0 saturated carbocycles. The van der Waals surface area contributed by atoms with E-state index in [-0.39, 0.29) is 0 Å². The Morgan fingerprint density at radius 3 is 2.67 bits per heavy atom. The summed E-state index contributed by atoms with van der Waals surface area (Å²) < 4.78 is 0. The molecule has 0 aliphatic heterocycles. The Bertz CT molecular complexity index is 662. The molecular formula is C18H19NO2. The number of benzene rings is 2. The van der Waals surface area contributed by atoms with E-state index in [1.165, 1.54) is 11.6 Å². The van der Waals surface area contributed by atoms with Crippen molar-refractivity contribution in [2.75, 3.05) is 11.9 Å². The molecule has 2 rings (SSSR count). The number of hydrogen-bond donors (Lipinski definition) is 1. The minimum atomic E-state index is -0.933. The van der Waals surface area contributed by atoms with Gasteiger partial charge in [-0.05, 0) is 41.8 Å². The molecule has 0 heterocycles. The van der Waals surface area contributed by atoms with Crippen molar-refractivity contribution in [1.29, 1.82) is 0 Å². The Balaban J connectivity index is 2.21. The molecule has 21 heavy (non-hydrogen) atoms. The predicted octanol–water partition coefficient (Wildman–Crippen LogP) is 3.73. The normalized spacial score (nSPS) is 10.8. The summed E-state index contributed by atoms with van der Waals surface area (Å²) >= 11 is 0. The first kappa shape index (κ1) is 14.9. The summed E-state index contributed by atoms with van der Waals surface area (Å²) in [6, 6.07) is 16.2. The van der Waals surface area contributed by atoms with Crippen LogP contribution in [-0.4, -0.2) is 18.1 Å². The van der Waals surface area contributed by atoms with Crippen LogP contribution >= 0.6 is 0 Å². The second-order valence-corrected chi connectivity index (χ2v) is 5.07. The van der Waals surface area contributed by atoms with E-state index in [9.17, 15) is 4.79 Å². The lowest BCUT2D eigenvalue weighted by molar-refractivity contribution is -0.131. The lowest BCUT2D eigenvalue weighted by Crippen LogP contribution is -2.17. The van der Waals surface area contributed by atoms with E-state index in [0.29, 0.717) is 0 Å². The number of carboxylic acid groups (broad SMARTS) is 1. The molecule has 2 aromatic rings. The molecule has 1 N–H and O–H groups in total. The maximum atomic E-state index is 10.7. The van der Waals surface area contributed by atoms with Crippen molar-refractivity contribution in [1.82, 2.24) is 0 Å². The lowest BCUT2D eigenvalue weighted by atomic mass is 10.1. The van der Waals surface area contributed by atoms with Crippen LogP contribution in [0, 0.1) is 6.92 Å². The van der Waals surface area contributed by atoms with E-state index in [0.717, 1.165) is 23.4 Å². The second kappa shape index (κ2) is 6.75. The van der Waals surface area contributed by atoms with E-state index in [4.69, 9.17) is 5.11 Å². The molecule has 0 amide bonds. The molecular weight excluding hydrogens is 262 g/mol. The smallest absolute Gasteiger partial charge is 0.328 e. The highest BCUT2D eigenvalue weighted by atomic mass is 16.4. The van der Waals surface area contributed by atoms with Gasteiger partial charge in [-0.2, -0.15) is 0 Å². The van der Waals surface area contributed by atoms with Crippen LogP contribution < -0.4 is 4.90 Å². The number of nitrogens with zero attached hydrogens (tertiary/aromatic N) is 1. The van der Waals surface area contributed by atoms with Gasteiger partial charge in [-0.15, -0.1) is 0 Å². The zero-order chi connectivity index (χ0) is 15.2. The minimum absolute atomic E-state index is 0.726. The quantitative estimate of drug-likeness (QED) is 0.849. The maximum absolute atomic E-state index is 10.7. The van der Waals surface area contributed by atoms with E-state index in [1.807, 2.05) is 37.4 Å². The van der Waals surface area contributed by atoms with Crippen LogP contribution in [0.3, 0.4) is 0 Å². The van der Waals surface area contributed by atoms with Gasteiger partial charge in [-0.25, -0.2) is 4.79 Å². The number of anilines is 1. The molecule has 2 aromatic carbocycles. The van der Waals surface area contributed by atoms with Gasteiger partial charge < -0.3 is 10.0 Å². The first-order chi connectivity index (χ1) is 10.1. The molecule has 3 nitrogen and oxygen atoms in total.